The minimum atomic E-state index is -0.135. The van der Waals surface area contributed by atoms with Gasteiger partial charge in [0.1, 0.15) is 22.9 Å². The summed E-state index contributed by atoms with van der Waals surface area (Å²) in [7, 11) is 3.25. The summed E-state index contributed by atoms with van der Waals surface area (Å²) in [5, 5.41) is 12.1. The van der Waals surface area contributed by atoms with E-state index in [2.05, 4.69) is 15.5 Å². The third-order valence-electron chi connectivity index (χ3n) is 5.03. The number of carbonyl (C=O) groups is 1. The zero-order valence-electron chi connectivity index (χ0n) is 19.1. The summed E-state index contributed by atoms with van der Waals surface area (Å²) in [4.78, 5) is 17.2. The highest BCUT2D eigenvalue weighted by Gasteiger charge is 2.15. The van der Waals surface area contributed by atoms with Crippen molar-refractivity contribution in [3.8, 4) is 34.0 Å². The summed E-state index contributed by atoms with van der Waals surface area (Å²) in [6, 6.07) is 22.8. The molecule has 0 radical (unpaired) electrons. The van der Waals surface area contributed by atoms with Crippen molar-refractivity contribution in [1.82, 2.24) is 15.2 Å². The minimum Gasteiger partial charge on any atom is -0.497 e. The van der Waals surface area contributed by atoms with Crippen LogP contribution in [0.4, 0.5) is 5.69 Å². The van der Waals surface area contributed by atoms with Crippen LogP contribution in [0.15, 0.2) is 78.0 Å². The molecule has 0 unspecified atom stereocenters. The zero-order valence-corrected chi connectivity index (χ0v) is 19.9. The predicted octanol–water partition coefficient (Wildman–Crippen LogP) is 5.26. The maximum atomic E-state index is 12.4. The molecule has 0 aliphatic rings. The van der Waals surface area contributed by atoms with E-state index in [1.54, 1.807) is 14.2 Å². The van der Waals surface area contributed by atoms with Crippen molar-refractivity contribution in [3.63, 3.8) is 0 Å². The lowest BCUT2D eigenvalue weighted by Crippen LogP contribution is -2.14. The molecule has 8 heteroatoms. The van der Waals surface area contributed by atoms with Gasteiger partial charge in [-0.05, 0) is 73.2 Å². The number of ether oxygens (including phenoxy) is 2. The van der Waals surface area contributed by atoms with Crippen LogP contribution in [0, 0.1) is 6.92 Å². The van der Waals surface area contributed by atoms with Crippen molar-refractivity contribution in [2.75, 3.05) is 25.3 Å². The number of aryl methyl sites for hydroxylation is 1. The number of thioether (sulfide) groups is 1. The average molecular weight is 473 g/mol. The monoisotopic (exact) mass is 472 g/mol. The number of hydrogen-bond donors (Lipinski definition) is 1. The van der Waals surface area contributed by atoms with Gasteiger partial charge in [0.25, 0.3) is 0 Å². The molecule has 0 atom stereocenters. The first-order chi connectivity index (χ1) is 16.6. The number of amides is 1. The molecule has 0 bridgehead atoms. The van der Waals surface area contributed by atoms with E-state index in [9.17, 15) is 4.79 Å². The standard InChI is InChI=1S/C26H24N4O3S/c1-17-5-4-6-20(15-17)27-23(31)16-34-26-28-24(18-7-11-21(32-2)12-8-18)25(29-30-26)19-9-13-22(33-3)14-10-19/h4-15H,16H2,1-3H3,(H,27,31). The molecule has 0 saturated carbocycles. The Balaban J connectivity index is 1.59. The fraction of sp³-hybridized carbons (Fsp3) is 0.154. The molecule has 1 N–H and O–H groups in total. The Morgan fingerprint density at radius 1 is 0.853 bits per heavy atom. The van der Waals surface area contributed by atoms with E-state index in [1.165, 1.54) is 11.8 Å². The van der Waals surface area contributed by atoms with Gasteiger partial charge in [0.15, 0.2) is 0 Å². The van der Waals surface area contributed by atoms with Crippen molar-refractivity contribution >= 4 is 23.4 Å². The van der Waals surface area contributed by atoms with E-state index in [0.29, 0.717) is 16.5 Å². The molecule has 1 aromatic heterocycles. The Kier molecular flexibility index (Phi) is 7.39. The van der Waals surface area contributed by atoms with Crippen molar-refractivity contribution in [3.05, 3.63) is 78.4 Å². The number of nitrogens with one attached hydrogen (secondary N) is 1. The molecule has 172 valence electrons. The molecule has 3 aromatic carbocycles. The fourth-order valence-electron chi connectivity index (χ4n) is 3.32. The molecular formula is C26H24N4O3S. The number of carbonyl (C=O) groups excluding carboxylic acids is 1. The van der Waals surface area contributed by atoms with Gasteiger partial charge in [0, 0.05) is 16.8 Å². The number of nitrogens with zero attached hydrogens (tertiary/aromatic N) is 3. The molecule has 7 nitrogen and oxygen atoms in total. The Hall–Kier alpha value is -3.91. The molecule has 1 heterocycles. The Labute approximate surface area is 202 Å². The highest BCUT2D eigenvalue weighted by atomic mass is 32.2. The van der Waals surface area contributed by atoms with E-state index in [0.717, 1.165) is 33.9 Å². The van der Waals surface area contributed by atoms with Crippen LogP contribution in [0.1, 0.15) is 5.56 Å². The molecule has 4 aromatic rings. The third-order valence-corrected chi connectivity index (χ3v) is 5.87. The molecule has 0 spiro atoms. The second kappa shape index (κ2) is 10.8. The molecule has 4 rings (SSSR count). The number of hydrogen-bond acceptors (Lipinski definition) is 7. The smallest absolute Gasteiger partial charge is 0.234 e. The largest absolute Gasteiger partial charge is 0.497 e. The van der Waals surface area contributed by atoms with Crippen molar-refractivity contribution in [2.45, 2.75) is 12.1 Å². The fourth-order valence-corrected chi connectivity index (χ4v) is 3.90. The Morgan fingerprint density at radius 2 is 1.47 bits per heavy atom. The van der Waals surface area contributed by atoms with Gasteiger partial charge in [-0.2, -0.15) is 0 Å². The van der Waals surface area contributed by atoms with Gasteiger partial charge in [0.2, 0.25) is 11.1 Å². The molecule has 1 amide bonds. The summed E-state index contributed by atoms with van der Waals surface area (Å²) in [5.41, 5.74) is 4.88. The average Bonchev–Trinajstić information content (AvgIpc) is 2.87. The second-order valence-corrected chi connectivity index (χ2v) is 8.40. The molecule has 0 saturated heterocycles. The van der Waals surface area contributed by atoms with Crippen LogP contribution < -0.4 is 14.8 Å². The first-order valence-electron chi connectivity index (χ1n) is 10.6. The van der Waals surface area contributed by atoms with Crippen molar-refractivity contribution in [1.29, 1.82) is 0 Å². The maximum Gasteiger partial charge on any atom is 0.234 e. The van der Waals surface area contributed by atoms with E-state index >= 15 is 0 Å². The van der Waals surface area contributed by atoms with Crippen LogP contribution in [0.2, 0.25) is 0 Å². The maximum absolute atomic E-state index is 12.4. The SMILES string of the molecule is COc1ccc(-c2nnc(SCC(=O)Nc3cccc(C)c3)nc2-c2ccc(OC)cc2)cc1. The first-order valence-corrected chi connectivity index (χ1v) is 11.6. The summed E-state index contributed by atoms with van der Waals surface area (Å²) in [6.45, 7) is 1.98. The molecular weight excluding hydrogens is 448 g/mol. The van der Waals surface area contributed by atoms with Crippen LogP contribution in [0.5, 0.6) is 11.5 Å². The summed E-state index contributed by atoms with van der Waals surface area (Å²) >= 11 is 1.24. The quantitative estimate of drug-likeness (QED) is 0.350. The van der Waals surface area contributed by atoms with E-state index < -0.39 is 0 Å². The minimum absolute atomic E-state index is 0.135. The lowest BCUT2D eigenvalue weighted by molar-refractivity contribution is -0.113. The molecule has 0 aliphatic heterocycles. The highest BCUT2D eigenvalue weighted by molar-refractivity contribution is 7.99. The number of rotatable bonds is 8. The van der Waals surface area contributed by atoms with Gasteiger partial charge in [0.05, 0.1) is 20.0 Å². The van der Waals surface area contributed by atoms with Gasteiger partial charge < -0.3 is 14.8 Å². The Morgan fingerprint density at radius 3 is 2.06 bits per heavy atom. The van der Waals surface area contributed by atoms with Gasteiger partial charge >= 0.3 is 0 Å². The van der Waals surface area contributed by atoms with Gasteiger partial charge in [-0.1, -0.05) is 23.9 Å². The summed E-state index contributed by atoms with van der Waals surface area (Å²) in [5.74, 6) is 1.53. The van der Waals surface area contributed by atoms with E-state index in [-0.39, 0.29) is 11.7 Å². The molecule has 0 aliphatic carbocycles. The lowest BCUT2D eigenvalue weighted by atomic mass is 10.0. The van der Waals surface area contributed by atoms with Crippen LogP contribution in [-0.4, -0.2) is 41.1 Å². The highest BCUT2D eigenvalue weighted by Crippen LogP contribution is 2.31. The van der Waals surface area contributed by atoms with Crippen LogP contribution in [0.3, 0.4) is 0 Å². The van der Waals surface area contributed by atoms with Crippen LogP contribution >= 0.6 is 11.8 Å². The second-order valence-electron chi connectivity index (χ2n) is 7.45. The summed E-state index contributed by atoms with van der Waals surface area (Å²) < 4.78 is 10.5. The Bertz CT molecular complexity index is 1280. The van der Waals surface area contributed by atoms with Gasteiger partial charge in [-0.3, -0.25) is 4.79 Å². The van der Waals surface area contributed by atoms with Crippen molar-refractivity contribution in [2.24, 2.45) is 0 Å². The van der Waals surface area contributed by atoms with Crippen LogP contribution in [0.25, 0.3) is 22.5 Å². The molecule has 34 heavy (non-hydrogen) atoms. The predicted molar refractivity (Wildman–Crippen MR) is 134 cm³/mol. The number of benzene rings is 3. The van der Waals surface area contributed by atoms with E-state index in [1.807, 2.05) is 79.7 Å². The van der Waals surface area contributed by atoms with Crippen LogP contribution in [-0.2, 0) is 4.79 Å². The van der Waals surface area contributed by atoms with Gasteiger partial charge in [-0.15, -0.1) is 10.2 Å². The number of methoxy groups -OCH3 is 2. The summed E-state index contributed by atoms with van der Waals surface area (Å²) in [6.07, 6.45) is 0. The normalized spacial score (nSPS) is 10.6. The van der Waals surface area contributed by atoms with E-state index in [4.69, 9.17) is 14.5 Å². The van der Waals surface area contributed by atoms with Crippen molar-refractivity contribution < 1.29 is 14.3 Å². The zero-order chi connectivity index (χ0) is 23.9. The van der Waals surface area contributed by atoms with Gasteiger partial charge in [-0.25, -0.2) is 4.98 Å². The molecule has 0 fully saturated rings. The third kappa shape index (κ3) is 5.71. The number of anilines is 1. The first kappa shape index (κ1) is 23.3. The number of aromatic nitrogens is 3. The lowest BCUT2D eigenvalue weighted by Gasteiger charge is -2.11. The topological polar surface area (TPSA) is 86.2 Å².